The van der Waals surface area contributed by atoms with Crippen molar-refractivity contribution in [1.29, 1.82) is 0 Å². The zero-order valence-corrected chi connectivity index (χ0v) is 16.9. The smallest absolute Gasteiger partial charge is 0.267 e. The number of primary sulfonamides is 1. The molecule has 0 fully saturated rings. The summed E-state index contributed by atoms with van der Waals surface area (Å²) >= 11 is 0.697. The van der Waals surface area contributed by atoms with Crippen LogP contribution in [0.25, 0.3) is 0 Å². The van der Waals surface area contributed by atoms with E-state index in [0.29, 0.717) is 36.3 Å². The third-order valence-corrected chi connectivity index (χ3v) is 5.55. The number of sulfonamides is 1. The SMILES string of the molecule is CC(=O)CCCCCN/C=C(\N)CCCC(=O)Nc1nnc(S(N)(=O)=O)s1. The third kappa shape index (κ3) is 10.6. The molecule has 1 amide bonds. The van der Waals surface area contributed by atoms with Gasteiger partial charge in [0.2, 0.25) is 15.4 Å². The Balaban J connectivity index is 2.17. The second kappa shape index (κ2) is 11.6. The van der Waals surface area contributed by atoms with Gasteiger partial charge in [0.25, 0.3) is 10.0 Å². The molecular formula is C15H26N6O4S2. The molecule has 6 N–H and O–H groups in total. The lowest BCUT2D eigenvalue weighted by atomic mass is 10.1. The molecule has 1 aromatic heterocycles. The van der Waals surface area contributed by atoms with Crippen LogP contribution < -0.4 is 21.5 Å². The van der Waals surface area contributed by atoms with Crippen LogP contribution in [-0.2, 0) is 19.6 Å². The van der Waals surface area contributed by atoms with Crippen molar-refractivity contribution in [2.24, 2.45) is 10.9 Å². The first-order valence-electron chi connectivity index (χ1n) is 8.52. The van der Waals surface area contributed by atoms with Crippen LogP contribution in [0.1, 0.15) is 51.9 Å². The van der Waals surface area contributed by atoms with Gasteiger partial charge in [-0.05, 0) is 32.6 Å². The van der Waals surface area contributed by atoms with Crippen molar-refractivity contribution in [2.75, 3.05) is 11.9 Å². The molecule has 0 saturated heterocycles. The van der Waals surface area contributed by atoms with Gasteiger partial charge in [0.05, 0.1) is 0 Å². The number of Topliss-reactive ketones (excluding diaryl/α,β-unsaturated/α-hetero) is 1. The number of aromatic nitrogens is 2. The van der Waals surface area contributed by atoms with Crippen LogP contribution in [0, 0.1) is 0 Å². The summed E-state index contributed by atoms with van der Waals surface area (Å²) in [4.78, 5) is 22.6. The number of nitrogens with zero attached hydrogens (tertiary/aromatic N) is 2. The van der Waals surface area contributed by atoms with E-state index in [9.17, 15) is 18.0 Å². The van der Waals surface area contributed by atoms with Gasteiger partial charge in [-0.3, -0.25) is 4.79 Å². The molecule has 0 aliphatic carbocycles. The molecule has 0 radical (unpaired) electrons. The highest BCUT2D eigenvalue weighted by Gasteiger charge is 2.16. The van der Waals surface area contributed by atoms with Crippen LogP contribution >= 0.6 is 11.3 Å². The van der Waals surface area contributed by atoms with E-state index in [1.807, 2.05) is 0 Å². The molecule has 1 heterocycles. The molecule has 0 atom stereocenters. The normalized spacial score (nSPS) is 12.0. The Morgan fingerprint density at radius 3 is 2.48 bits per heavy atom. The van der Waals surface area contributed by atoms with Crippen LogP contribution in [0.15, 0.2) is 16.2 Å². The highest BCUT2D eigenvalue weighted by atomic mass is 32.2. The van der Waals surface area contributed by atoms with E-state index < -0.39 is 10.0 Å². The van der Waals surface area contributed by atoms with Gasteiger partial charge >= 0.3 is 0 Å². The first-order chi connectivity index (χ1) is 12.7. The fraction of sp³-hybridized carbons (Fsp3) is 0.600. The third-order valence-electron chi connectivity index (χ3n) is 3.40. The zero-order chi connectivity index (χ0) is 20.3. The number of nitrogens with one attached hydrogen (secondary N) is 2. The molecule has 0 unspecified atom stereocenters. The number of amides is 1. The predicted octanol–water partition coefficient (Wildman–Crippen LogP) is 0.833. The average Bonchev–Trinajstić information content (AvgIpc) is 3.02. The fourth-order valence-electron chi connectivity index (χ4n) is 2.06. The van der Waals surface area contributed by atoms with Crippen molar-refractivity contribution in [3.63, 3.8) is 0 Å². The maximum Gasteiger partial charge on any atom is 0.267 e. The molecule has 1 rings (SSSR count). The maximum atomic E-state index is 11.8. The molecule has 0 aromatic carbocycles. The van der Waals surface area contributed by atoms with E-state index in [4.69, 9.17) is 10.9 Å². The van der Waals surface area contributed by atoms with E-state index in [2.05, 4.69) is 20.8 Å². The van der Waals surface area contributed by atoms with Gasteiger partial charge in [0.15, 0.2) is 0 Å². The molecule has 12 heteroatoms. The van der Waals surface area contributed by atoms with Crippen molar-refractivity contribution in [3.05, 3.63) is 11.9 Å². The standard InChI is InChI=1S/C15H26N6O4S2/c1-11(22)6-3-2-4-9-18-10-12(16)7-5-8-13(23)19-14-20-21-15(26-14)27(17,24)25/h10,18H,2-9,16H2,1H3,(H2,17,24,25)(H,19,20,23)/b12-10-. The second-order valence-corrected chi connectivity index (χ2v) is 8.72. The highest BCUT2D eigenvalue weighted by molar-refractivity contribution is 7.91. The van der Waals surface area contributed by atoms with Gasteiger partial charge in [0.1, 0.15) is 5.78 Å². The predicted molar refractivity (Wildman–Crippen MR) is 103 cm³/mol. The highest BCUT2D eigenvalue weighted by Crippen LogP contribution is 2.18. The molecule has 0 bridgehead atoms. The quantitative estimate of drug-likeness (QED) is 0.269. The van der Waals surface area contributed by atoms with Crippen LogP contribution in [0.4, 0.5) is 5.13 Å². The molecule has 1 aromatic rings. The largest absolute Gasteiger partial charge is 0.401 e. The molecule has 0 aliphatic heterocycles. The summed E-state index contributed by atoms with van der Waals surface area (Å²) in [7, 11) is -3.92. The van der Waals surface area contributed by atoms with Crippen LogP contribution in [0.3, 0.4) is 0 Å². The second-order valence-electron chi connectivity index (χ2n) is 6.01. The Hall–Kier alpha value is -2.05. The number of carbonyl (C=O) groups is 2. The van der Waals surface area contributed by atoms with E-state index in [1.54, 1.807) is 13.1 Å². The van der Waals surface area contributed by atoms with Crippen molar-refractivity contribution >= 4 is 38.2 Å². The lowest BCUT2D eigenvalue weighted by molar-refractivity contribution is -0.117. The number of hydrogen-bond donors (Lipinski definition) is 4. The summed E-state index contributed by atoms with van der Waals surface area (Å²) in [5.74, 6) is -0.0922. The molecule has 27 heavy (non-hydrogen) atoms. The van der Waals surface area contributed by atoms with Gasteiger partial charge in [-0.2, -0.15) is 0 Å². The van der Waals surface area contributed by atoms with Crippen molar-refractivity contribution < 1.29 is 18.0 Å². The molecule has 0 spiro atoms. The summed E-state index contributed by atoms with van der Waals surface area (Å²) in [5, 5.41) is 17.6. The van der Waals surface area contributed by atoms with Crippen molar-refractivity contribution in [3.8, 4) is 0 Å². The molecule has 152 valence electrons. The monoisotopic (exact) mass is 418 g/mol. The van der Waals surface area contributed by atoms with Crippen LogP contribution in [0.2, 0.25) is 0 Å². The number of hydrogen-bond acceptors (Lipinski definition) is 9. The summed E-state index contributed by atoms with van der Waals surface area (Å²) in [6.45, 7) is 2.38. The van der Waals surface area contributed by atoms with E-state index >= 15 is 0 Å². The molecular weight excluding hydrogens is 392 g/mol. The summed E-state index contributed by atoms with van der Waals surface area (Å²) < 4.78 is 21.8. The van der Waals surface area contributed by atoms with Crippen LogP contribution in [-0.4, -0.2) is 36.9 Å². The van der Waals surface area contributed by atoms with Gasteiger partial charge in [-0.1, -0.05) is 17.8 Å². The Kier molecular flexibility index (Phi) is 9.89. The number of ketones is 1. The first-order valence-corrected chi connectivity index (χ1v) is 10.9. The average molecular weight is 419 g/mol. The lowest BCUT2D eigenvalue weighted by Gasteiger charge is -2.05. The summed E-state index contributed by atoms with van der Waals surface area (Å²) in [5.41, 5.74) is 6.50. The van der Waals surface area contributed by atoms with E-state index in [-0.39, 0.29) is 27.6 Å². The number of nitrogens with two attached hydrogens (primary N) is 2. The van der Waals surface area contributed by atoms with Gasteiger partial charge < -0.3 is 21.2 Å². The first kappa shape index (κ1) is 23.0. The lowest BCUT2D eigenvalue weighted by Crippen LogP contribution is -2.13. The Morgan fingerprint density at radius 2 is 1.85 bits per heavy atom. The number of unbranched alkanes of at least 4 members (excludes halogenated alkanes) is 2. The minimum absolute atomic E-state index is 0.0824. The van der Waals surface area contributed by atoms with E-state index in [1.165, 1.54) is 0 Å². The van der Waals surface area contributed by atoms with Crippen molar-refractivity contribution in [1.82, 2.24) is 15.5 Å². The topological polar surface area (TPSA) is 170 Å². The zero-order valence-electron chi connectivity index (χ0n) is 15.2. The van der Waals surface area contributed by atoms with Crippen molar-refractivity contribution in [2.45, 2.75) is 56.2 Å². The Morgan fingerprint density at radius 1 is 1.11 bits per heavy atom. The number of allylic oxidation sites excluding steroid dienone is 1. The minimum Gasteiger partial charge on any atom is -0.401 e. The summed E-state index contributed by atoms with van der Waals surface area (Å²) in [6.07, 6.45) is 6.49. The number of rotatable bonds is 13. The van der Waals surface area contributed by atoms with Gasteiger partial charge in [0, 0.05) is 31.3 Å². The van der Waals surface area contributed by atoms with Crippen LogP contribution in [0.5, 0.6) is 0 Å². The molecule has 10 nitrogen and oxygen atoms in total. The van der Waals surface area contributed by atoms with Gasteiger partial charge in [-0.15, -0.1) is 10.2 Å². The number of carbonyl (C=O) groups excluding carboxylic acids is 2. The maximum absolute atomic E-state index is 11.8. The number of anilines is 1. The fourth-order valence-corrected chi connectivity index (χ4v) is 3.41. The minimum atomic E-state index is -3.92. The summed E-state index contributed by atoms with van der Waals surface area (Å²) in [6, 6.07) is 0. The van der Waals surface area contributed by atoms with E-state index in [0.717, 1.165) is 25.8 Å². The van der Waals surface area contributed by atoms with Gasteiger partial charge in [-0.25, -0.2) is 13.6 Å². The Bertz CT molecular complexity index is 760. The molecule has 0 saturated carbocycles. The Labute approximate surface area is 162 Å². The molecule has 0 aliphatic rings.